The zero-order chi connectivity index (χ0) is 29.2. The Morgan fingerprint density at radius 3 is 2.71 bits per heavy atom. The first-order valence-electron chi connectivity index (χ1n) is 12.6. The molecule has 0 fully saturated rings. The van der Waals surface area contributed by atoms with E-state index < -0.39 is 10.5 Å². The number of ether oxygens (including phenoxy) is 1. The Kier molecular flexibility index (Phi) is 7.04. The first-order chi connectivity index (χ1) is 20.4. The molecular weight excluding hydrogens is 602 g/mol. The molecule has 0 saturated heterocycles. The van der Waals surface area contributed by atoms with Crippen LogP contribution in [-0.2, 0) is 6.61 Å². The van der Waals surface area contributed by atoms with Gasteiger partial charge in [-0.2, -0.15) is 15.0 Å². The van der Waals surface area contributed by atoms with Crippen molar-refractivity contribution >= 4 is 49.7 Å². The number of aromatic nitrogens is 2. The number of nitrogens with zero attached hydrogens (tertiary/aromatic N) is 5. The largest absolute Gasteiger partial charge is 0.482 e. The summed E-state index contributed by atoms with van der Waals surface area (Å²) in [6.45, 7) is -0.0202. The first kappa shape index (κ1) is 26.6. The van der Waals surface area contributed by atoms with Crippen molar-refractivity contribution in [1.29, 1.82) is 5.26 Å². The Bertz CT molecular complexity index is 2140. The summed E-state index contributed by atoms with van der Waals surface area (Å²) in [7, 11) is 0. The van der Waals surface area contributed by atoms with E-state index in [1.54, 1.807) is 66.7 Å². The Morgan fingerprint density at radius 1 is 1.07 bits per heavy atom. The Hall–Kier alpha value is -5.60. The summed E-state index contributed by atoms with van der Waals surface area (Å²) in [4.78, 5) is 29.5. The zero-order valence-corrected chi connectivity index (χ0v) is 23.2. The van der Waals surface area contributed by atoms with Crippen LogP contribution in [0.2, 0.25) is 0 Å². The van der Waals surface area contributed by atoms with Gasteiger partial charge in [0.1, 0.15) is 12.2 Å². The fraction of sp³-hybridized carbons (Fsp3) is 0.0323. The van der Waals surface area contributed by atoms with Gasteiger partial charge in [-0.1, -0.05) is 46.3 Å². The number of nitriles is 1. The molecule has 0 bridgehead atoms. The molecule has 0 spiro atoms. The van der Waals surface area contributed by atoms with Gasteiger partial charge in [0.2, 0.25) is 5.82 Å². The van der Waals surface area contributed by atoms with E-state index in [0.717, 1.165) is 14.5 Å². The normalized spacial score (nSPS) is 11.2. The van der Waals surface area contributed by atoms with Gasteiger partial charge >= 0.3 is 5.69 Å². The molecular formula is C31H18BrN5O5. The van der Waals surface area contributed by atoms with Gasteiger partial charge in [0, 0.05) is 27.1 Å². The number of nitro groups is 1. The van der Waals surface area contributed by atoms with E-state index in [2.05, 4.69) is 32.1 Å². The van der Waals surface area contributed by atoms with Gasteiger partial charge in [-0.25, -0.2) is 4.98 Å². The highest BCUT2D eigenvalue weighted by Gasteiger charge is 2.19. The number of furan rings is 1. The minimum absolute atomic E-state index is 0.0202. The SMILES string of the molecule is N#Cc1ccccc1COc1ccc(C=Nn2c(-c3cc4cc(Br)ccc4o3)nc3ccccc3c2=O)cc1[N+](=O)[O-]. The highest BCUT2D eigenvalue weighted by Crippen LogP contribution is 2.30. The minimum Gasteiger partial charge on any atom is -0.482 e. The molecule has 2 heterocycles. The van der Waals surface area contributed by atoms with Crippen LogP contribution >= 0.6 is 15.9 Å². The summed E-state index contributed by atoms with van der Waals surface area (Å²) in [6.07, 6.45) is 1.34. The third-order valence-electron chi connectivity index (χ3n) is 6.48. The quantitative estimate of drug-likeness (QED) is 0.109. The lowest BCUT2D eigenvalue weighted by molar-refractivity contribution is -0.385. The van der Waals surface area contributed by atoms with Crippen molar-refractivity contribution in [2.75, 3.05) is 0 Å². The van der Waals surface area contributed by atoms with Gasteiger partial charge < -0.3 is 9.15 Å². The lowest BCUT2D eigenvalue weighted by Gasteiger charge is -2.09. The second-order valence-corrected chi connectivity index (χ2v) is 10.1. The Balaban J connectivity index is 1.39. The van der Waals surface area contributed by atoms with Crippen molar-refractivity contribution in [2.24, 2.45) is 5.10 Å². The highest BCUT2D eigenvalue weighted by molar-refractivity contribution is 9.10. The molecule has 11 heteroatoms. The zero-order valence-electron chi connectivity index (χ0n) is 21.6. The maximum atomic E-state index is 13.5. The molecule has 2 aromatic heterocycles. The molecule has 6 aromatic rings. The molecule has 0 aliphatic rings. The summed E-state index contributed by atoms with van der Waals surface area (Å²) in [5.41, 5.74) is 1.74. The molecule has 0 N–H and O–H groups in total. The molecule has 42 heavy (non-hydrogen) atoms. The van der Waals surface area contributed by atoms with Crippen molar-refractivity contribution in [3.05, 3.63) is 133 Å². The number of nitro benzene ring substituents is 1. The van der Waals surface area contributed by atoms with Gasteiger partial charge in [-0.15, -0.1) is 0 Å². The van der Waals surface area contributed by atoms with Crippen LogP contribution in [0.15, 0.2) is 110 Å². The minimum atomic E-state index is -0.565. The van der Waals surface area contributed by atoms with Crippen LogP contribution in [-0.4, -0.2) is 20.8 Å². The van der Waals surface area contributed by atoms with Crippen molar-refractivity contribution in [2.45, 2.75) is 6.61 Å². The van der Waals surface area contributed by atoms with Crippen LogP contribution in [0.3, 0.4) is 0 Å². The second-order valence-electron chi connectivity index (χ2n) is 9.15. The Labute approximate surface area is 246 Å². The highest BCUT2D eigenvalue weighted by atomic mass is 79.9. The van der Waals surface area contributed by atoms with E-state index in [0.29, 0.717) is 38.9 Å². The number of benzene rings is 4. The van der Waals surface area contributed by atoms with Crippen LogP contribution in [0.25, 0.3) is 33.5 Å². The molecule has 0 radical (unpaired) electrons. The fourth-order valence-electron chi connectivity index (χ4n) is 4.43. The van der Waals surface area contributed by atoms with Crippen molar-refractivity contribution < 1.29 is 14.1 Å². The summed E-state index contributed by atoms with van der Waals surface area (Å²) in [6, 6.07) is 27.5. The molecule has 204 valence electrons. The standard InChI is InChI=1S/C31H18BrN5O5/c32-23-10-12-27-22(14-23)15-29(42-27)30-35-25-8-4-3-7-24(25)31(38)36(30)34-17-19-9-11-28(26(13-19)37(39)40)41-18-21-6-2-1-5-20(21)16-33/h1-15,17H,18H2. The van der Waals surface area contributed by atoms with Crippen LogP contribution in [0.1, 0.15) is 16.7 Å². The average molecular weight is 620 g/mol. The topological polar surface area (TPSA) is 137 Å². The third kappa shape index (κ3) is 5.14. The molecule has 0 saturated carbocycles. The van der Waals surface area contributed by atoms with Crippen molar-refractivity contribution in [3.63, 3.8) is 0 Å². The van der Waals surface area contributed by atoms with E-state index >= 15 is 0 Å². The van der Waals surface area contributed by atoms with Crippen LogP contribution in [0.5, 0.6) is 5.75 Å². The summed E-state index contributed by atoms with van der Waals surface area (Å²) < 4.78 is 13.7. The number of rotatable bonds is 7. The molecule has 6 rings (SSSR count). The lowest BCUT2D eigenvalue weighted by Crippen LogP contribution is -2.20. The number of para-hydroxylation sites is 1. The Morgan fingerprint density at radius 2 is 1.88 bits per heavy atom. The number of hydrogen-bond donors (Lipinski definition) is 0. The van der Waals surface area contributed by atoms with Crippen LogP contribution in [0.4, 0.5) is 5.69 Å². The van der Waals surface area contributed by atoms with Crippen LogP contribution in [0, 0.1) is 21.4 Å². The smallest absolute Gasteiger partial charge is 0.311 e. The summed E-state index contributed by atoms with van der Waals surface area (Å²) >= 11 is 3.45. The second kappa shape index (κ2) is 11.1. The molecule has 0 aliphatic heterocycles. The van der Waals surface area contributed by atoms with E-state index in [4.69, 9.17) is 9.15 Å². The first-order valence-corrected chi connectivity index (χ1v) is 13.4. The predicted octanol–water partition coefficient (Wildman–Crippen LogP) is 6.81. The monoisotopic (exact) mass is 619 g/mol. The van der Waals surface area contributed by atoms with Crippen molar-refractivity contribution in [1.82, 2.24) is 9.66 Å². The molecule has 0 amide bonds. The summed E-state index contributed by atoms with van der Waals surface area (Å²) in [5, 5.41) is 26.7. The third-order valence-corrected chi connectivity index (χ3v) is 6.97. The molecule has 0 aliphatic carbocycles. The summed E-state index contributed by atoms with van der Waals surface area (Å²) in [5.74, 6) is 0.534. The fourth-order valence-corrected chi connectivity index (χ4v) is 4.81. The van der Waals surface area contributed by atoms with Gasteiger partial charge in [-0.3, -0.25) is 14.9 Å². The maximum absolute atomic E-state index is 13.5. The van der Waals surface area contributed by atoms with Gasteiger partial charge in [-0.05, 0) is 54.6 Å². The van der Waals surface area contributed by atoms with E-state index in [9.17, 15) is 20.2 Å². The molecule has 0 atom stereocenters. The predicted molar refractivity (Wildman–Crippen MR) is 160 cm³/mol. The van der Waals surface area contributed by atoms with E-state index in [1.165, 1.54) is 18.3 Å². The van der Waals surface area contributed by atoms with E-state index in [-0.39, 0.29) is 23.9 Å². The van der Waals surface area contributed by atoms with E-state index in [1.807, 2.05) is 12.1 Å². The number of halogens is 1. The number of hydrogen-bond acceptors (Lipinski definition) is 8. The van der Waals surface area contributed by atoms with Gasteiger partial charge in [0.25, 0.3) is 5.56 Å². The molecule has 10 nitrogen and oxygen atoms in total. The molecule has 4 aromatic carbocycles. The van der Waals surface area contributed by atoms with Crippen LogP contribution < -0.4 is 10.3 Å². The average Bonchev–Trinajstić information content (AvgIpc) is 3.43. The number of fused-ring (bicyclic) bond motifs is 2. The van der Waals surface area contributed by atoms with Crippen molar-refractivity contribution in [3.8, 4) is 23.4 Å². The van der Waals surface area contributed by atoms with Gasteiger partial charge in [0.15, 0.2) is 11.5 Å². The van der Waals surface area contributed by atoms with Gasteiger partial charge in [0.05, 0.1) is 33.7 Å². The molecule has 0 unspecified atom stereocenters. The lowest BCUT2D eigenvalue weighted by atomic mass is 10.1. The maximum Gasteiger partial charge on any atom is 0.311 e.